The summed E-state index contributed by atoms with van der Waals surface area (Å²) in [5, 5.41) is 0.786. The molecule has 0 N–H and O–H groups in total. The lowest BCUT2D eigenvalue weighted by Crippen LogP contribution is -2.47. The maximum absolute atomic E-state index is 13.6. The minimum Gasteiger partial charge on any atom is -0.368 e. The van der Waals surface area contributed by atoms with Crippen LogP contribution in [0.15, 0.2) is 78.9 Å². The Kier molecular flexibility index (Phi) is 6.05. The molecule has 0 amide bonds. The average molecular weight is 459 g/mol. The fraction of sp³-hybridized carbons (Fsp3) is 0.286. The maximum atomic E-state index is 13.6. The maximum Gasteiger partial charge on any atom is 0.181 e. The molecule has 0 aromatic heterocycles. The Hall–Kier alpha value is -2.95. The molecule has 5 rings (SSSR count). The van der Waals surface area contributed by atoms with Crippen LogP contribution < -0.4 is 4.90 Å². The lowest BCUT2D eigenvalue weighted by atomic mass is 9.72. The number of rotatable bonds is 6. The molecule has 5 heteroatoms. The van der Waals surface area contributed by atoms with Crippen LogP contribution in [0.2, 0.25) is 5.02 Å². The molecule has 1 fully saturated rings. The number of anilines is 1. The number of hydrogen-bond donors (Lipinski definition) is 0. The third kappa shape index (κ3) is 3.88. The molecule has 33 heavy (non-hydrogen) atoms. The summed E-state index contributed by atoms with van der Waals surface area (Å²) in [7, 11) is 0. The molecule has 1 heterocycles. The van der Waals surface area contributed by atoms with Gasteiger partial charge >= 0.3 is 0 Å². The van der Waals surface area contributed by atoms with E-state index in [0.29, 0.717) is 17.5 Å². The first-order valence-electron chi connectivity index (χ1n) is 11.6. The van der Waals surface area contributed by atoms with E-state index in [9.17, 15) is 9.59 Å². The number of carbonyl (C=O) groups is 2. The van der Waals surface area contributed by atoms with Crippen LogP contribution >= 0.6 is 11.6 Å². The number of fused-ring (bicyclic) bond motifs is 1. The van der Waals surface area contributed by atoms with E-state index < -0.39 is 5.41 Å². The van der Waals surface area contributed by atoms with Crippen molar-refractivity contribution in [2.24, 2.45) is 0 Å². The van der Waals surface area contributed by atoms with E-state index in [0.717, 1.165) is 55.4 Å². The van der Waals surface area contributed by atoms with Gasteiger partial charge in [0.15, 0.2) is 11.6 Å². The molecule has 0 spiro atoms. The summed E-state index contributed by atoms with van der Waals surface area (Å²) in [6, 6.07) is 24.8. The van der Waals surface area contributed by atoms with Crippen LogP contribution in [-0.4, -0.2) is 49.2 Å². The lowest BCUT2D eigenvalue weighted by molar-refractivity contribution is 0.0777. The smallest absolute Gasteiger partial charge is 0.181 e. The average Bonchev–Trinajstić information content (AvgIpc) is 3.08. The second-order valence-corrected chi connectivity index (χ2v) is 9.27. The number of Topliss-reactive ketones (excluding diaryl/α,β-unsaturated/α-hetero) is 2. The number of para-hydroxylation sites is 1. The van der Waals surface area contributed by atoms with E-state index in [1.54, 1.807) is 12.1 Å². The van der Waals surface area contributed by atoms with Gasteiger partial charge < -0.3 is 4.90 Å². The SMILES string of the molecule is O=C1c2ccccc2C(=O)C1(CCCN1CCN(c2ccccc2Cl)CC1)c1ccccc1. The van der Waals surface area contributed by atoms with E-state index in [1.165, 1.54) is 0 Å². The molecule has 0 bridgehead atoms. The highest BCUT2D eigenvalue weighted by atomic mass is 35.5. The van der Waals surface area contributed by atoms with E-state index in [1.807, 2.05) is 60.7 Å². The first-order valence-corrected chi connectivity index (χ1v) is 11.9. The fourth-order valence-electron chi connectivity index (χ4n) is 5.29. The zero-order chi connectivity index (χ0) is 22.8. The Labute approximate surface area is 199 Å². The molecule has 0 radical (unpaired) electrons. The summed E-state index contributed by atoms with van der Waals surface area (Å²) in [5.41, 5.74) is 1.89. The predicted octanol–water partition coefficient (Wildman–Crippen LogP) is 5.26. The number of halogens is 1. The van der Waals surface area contributed by atoms with Crippen LogP contribution in [0.4, 0.5) is 5.69 Å². The van der Waals surface area contributed by atoms with Gasteiger partial charge in [-0.05, 0) is 37.1 Å². The van der Waals surface area contributed by atoms with E-state index in [2.05, 4.69) is 15.9 Å². The molecule has 0 unspecified atom stereocenters. The van der Waals surface area contributed by atoms with Crippen molar-refractivity contribution < 1.29 is 9.59 Å². The fourth-order valence-corrected chi connectivity index (χ4v) is 5.54. The van der Waals surface area contributed by atoms with Gasteiger partial charge in [0.1, 0.15) is 5.41 Å². The molecule has 2 aliphatic rings. The number of benzene rings is 3. The van der Waals surface area contributed by atoms with Gasteiger partial charge in [-0.25, -0.2) is 0 Å². The van der Waals surface area contributed by atoms with Gasteiger partial charge in [-0.3, -0.25) is 14.5 Å². The second kappa shape index (κ2) is 9.12. The molecule has 168 valence electrons. The van der Waals surface area contributed by atoms with Gasteiger partial charge in [-0.2, -0.15) is 0 Å². The molecule has 1 saturated heterocycles. The van der Waals surface area contributed by atoms with Crippen molar-refractivity contribution in [3.63, 3.8) is 0 Å². The van der Waals surface area contributed by atoms with Crippen LogP contribution in [0.1, 0.15) is 39.1 Å². The molecule has 0 saturated carbocycles. The lowest BCUT2D eigenvalue weighted by Gasteiger charge is -2.37. The molecular weight excluding hydrogens is 432 g/mol. The van der Waals surface area contributed by atoms with Gasteiger partial charge in [-0.1, -0.05) is 78.3 Å². The van der Waals surface area contributed by atoms with Crippen molar-refractivity contribution in [3.05, 3.63) is 101 Å². The monoisotopic (exact) mass is 458 g/mol. The summed E-state index contributed by atoms with van der Waals surface area (Å²) in [4.78, 5) is 31.9. The quantitative estimate of drug-likeness (QED) is 0.472. The Balaban J connectivity index is 1.28. The Morgan fingerprint density at radius 2 is 1.30 bits per heavy atom. The standard InChI is InChI=1S/C28H27ClN2O2/c29-24-13-6-7-14-25(24)31-19-17-30(18-20-31)16-8-15-28(21-9-2-1-3-10-21)26(32)22-11-4-5-12-23(22)27(28)33/h1-7,9-14H,8,15-20H2. The number of hydrogen-bond acceptors (Lipinski definition) is 4. The van der Waals surface area contributed by atoms with Gasteiger partial charge in [0.25, 0.3) is 0 Å². The van der Waals surface area contributed by atoms with Crippen molar-refractivity contribution in [1.29, 1.82) is 0 Å². The summed E-state index contributed by atoms with van der Waals surface area (Å²) < 4.78 is 0. The molecule has 1 aliphatic heterocycles. The Bertz CT molecular complexity index is 1130. The minimum atomic E-state index is -1.11. The van der Waals surface area contributed by atoms with E-state index in [4.69, 9.17) is 11.6 Å². The molecule has 0 atom stereocenters. The van der Waals surface area contributed by atoms with Crippen molar-refractivity contribution >= 4 is 28.9 Å². The van der Waals surface area contributed by atoms with Gasteiger partial charge in [-0.15, -0.1) is 0 Å². The summed E-state index contributed by atoms with van der Waals surface area (Å²) in [6.45, 7) is 4.56. The third-order valence-electron chi connectivity index (χ3n) is 7.05. The molecule has 3 aromatic carbocycles. The highest BCUT2D eigenvalue weighted by Crippen LogP contribution is 2.43. The molecule has 3 aromatic rings. The van der Waals surface area contributed by atoms with Gasteiger partial charge in [0.2, 0.25) is 0 Å². The molecule has 4 nitrogen and oxygen atoms in total. The zero-order valence-electron chi connectivity index (χ0n) is 18.5. The number of carbonyl (C=O) groups excluding carboxylic acids is 2. The van der Waals surface area contributed by atoms with Crippen LogP contribution in [-0.2, 0) is 5.41 Å². The van der Waals surface area contributed by atoms with E-state index in [-0.39, 0.29) is 11.6 Å². The first-order chi connectivity index (χ1) is 16.1. The second-order valence-electron chi connectivity index (χ2n) is 8.86. The highest BCUT2D eigenvalue weighted by molar-refractivity contribution is 6.33. The van der Waals surface area contributed by atoms with Crippen molar-refractivity contribution in [2.45, 2.75) is 18.3 Å². The molecule has 1 aliphatic carbocycles. The third-order valence-corrected chi connectivity index (χ3v) is 7.37. The summed E-state index contributed by atoms with van der Waals surface area (Å²) in [5.74, 6) is -0.115. The highest BCUT2D eigenvalue weighted by Gasteiger charge is 2.53. The van der Waals surface area contributed by atoms with E-state index >= 15 is 0 Å². The predicted molar refractivity (Wildman–Crippen MR) is 133 cm³/mol. The largest absolute Gasteiger partial charge is 0.368 e. The van der Waals surface area contributed by atoms with Crippen molar-refractivity contribution in [2.75, 3.05) is 37.6 Å². The molecular formula is C28H27ClN2O2. The topological polar surface area (TPSA) is 40.6 Å². The normalized spacial score (nSPS) is 17.9. The first kappa shape index (κ1) is 21.9. The summed E-state index contributed by atoms with van der Waals surface area (Å²) >= 11 is 6.37. The zero-order valence-corrected chi connectivity index (χ0v) is 19.3. The number of ketones is 2. The van der Waals surface area contributed by atoms with Crippen LogP contribution in [0.25, 0.3) is 0 Å². The number of piperazine rings is 1. The minimum absolute atomic E-state index is 0.0576. The van der Waals surface area contributed by atoms with Crippen molar-refractivity contribution in [1.82, 2.24) is 4.90 Å². The number of nitrogens with zero attached hydrogens (tertiary/aromatic N) is 2. The van der Waals surface area contributed by atoms with Gasteiger partial charge in [0.05, 0.1) is 10.7 Å². The summed E-state index contributed by atoms with van der Waals surface area (Å²) in [6.07, 6.45) is 1.31. The van der Waals surface area contributed by atoms with Crippen LogP contribution in [0.3, 0.4) is 0 Å². The van der Waals surface area contributed by atoms with Crippen LogP contribution in [0.5, 0.6) is 0 Å². The Morgan fingerprint density at radius 3 is 1.94 bits per heavy atom. The Morgan fingerprint density at radius 1 is 0.727 bits per heavy atom. The van der Waals surface area contributed by atoms with Crippen molar-refractivity contribution in [3.8, 4) is 0 Å². The van der Waals surface area contributed by atoms with Crippen LogP contribution in [0, 0.1) is 0 Å². The van der Waals surface area contributed by atoms with Gasteiger partial charge in [0, 0.05) is 37.3 Å².